The van der Waals surface area contributed by atoms with E-state index in [-0.39, 0.29) is 29.9 Å². The van der Waals surface area contributed by atoms with Gasteiger partial charge >= 0.3 is 0 Å². The van der Waals surface area contributed by atoms with E-state index in [0.717, 1.165) is 28.8 Å². The topological polar surface area (TPSA) is 51.5 Å². The molecule has 0 N–H and O–H groups in total. The predicted octanol–water partition coefficient (Wildman–Crippen LogP) is 3.85. The Hall–Kier alpha value is -3.34. The van der Waals surface area contributed by atoms with Crippen LogP contribution in [-0.2, 0) is 11.3 Å². The molecular formula is C26H26N2O3. The molecule has 1 saturated heterocycles. The van der Waals surface area contributed by atoms with Gasteiger partial charge in [-0.25, -0.2) is 0 Å². The van der Waals surface area contributed by atoms with Gasteiger partial charge in [-0.05, 0) is 54.7 Å². The average molecular weight is 415 g/mol. The highest BCUT2D eigenvalue weighted by Gasteiger charge is 2.36. The number of hydrogen-bond donors (Lipinski definition) is 0. The molecule has 2 aromatic carbocycles. The molecule has 1 fully saturated rings. The Balaban J connectivity index is 1.36. The van der Waals surface area contributed by atoms with Crippen LogP contribution in [0.5, 0.6) is 5.75 Å². The monoisotopic (exact) mass is 414 g/mol. The maximum Gasteiger partial charge on any atom is 0.260 e. The predicted molar refractivity (Wildman–Crippen MR) is 120 cm³/mol. The van der Waals surface area contributed by atoms with E-state index in [2.05, 4.69) is 6.07 Å². The second kappa shape index (κ2) is 8.06. The molecule has 2 aliphatic rings. The zero-order valence-corrected chi connectivity index (χ0v) is 17.7. The molecule has 3 aromatic rings. The third-order valence-electron chi connectivity index (χ3n) is 6.50. The molecule has 2 unspecified atom stereocenters. The van der Waals surface area contributed by atoms with E-state index in [0.29, 0.717) is 25.4 Å². The van der Waals surface area contributed by atoms with Gasteiger partial charge in [0.1, 0.15) is 5.75 Å². The smallest absolute Gasteiger partial charge is 0.260 e. The molecule has 5 nitrogen and oxygen atoms in total. The summed E-state index contributed by atoms with van der Waals surface area (Å²) >= 11 is 0. The molecule has 1 aromatic heterocycles. The number of nitrogens with zero attached hydrogens (tertiary/aromatic N) is 2. The first-order valence-corrected chi connectivity index (χ1v) is 10.9. The Labute approximate surface area is 181 Å². The first kappa shape index (κ1) is 19.6. The second-order valence-electron chi connectivity index (χ2n) is 8.60. The first-order valence-electron chi connectivity index (χ1n) is 10.9. The van der Waals surface area contributed by atoms with Crippen molar-refractivity contribution in [3.63, 3.8) is 0 Å². The van der Waals surface area contributed by atoms with Crippen LogP contribution in [0, 0.1) is 12.8 Å². The van der Waals surface area contributed by atoms with Gasteiger partial charge in [-0.15, -0.1) is 0 Å². The fourth-order valence-electron chi connectivity index (χ4n) is 4.98. The van der Waals surface area contributed by atoms with Gasteiger partial charge in [-0.3, -0.25) is 9.59 Å². The number of piperidine rings is 1. The number of benzene rings is 2. The van der Waals surface area contributed by atoms with Gasteiger partial charge in [0, 0.05) is 36.8 Å². The summed E-state index contributed by atoms with van der Waals surface area (Å²) < 4.78 is 7.61. The minimum atomic E-state index is 0.00544. The lowest BCUT2D eigenvalue weighted by atomic mass is 9.82. The van der Waals surface area contributed by atoms with Crippen LogP contribution in [0.1, 0.15) is 23.6 Å². The highest BCUT2D eigenvalue weighted by molar-refractivity contribution is 5.78. The van der Waals surface area contributed by atoms with Crippen molar-refractivity contribution in [2.75, 3.05) is 19.7 Å². The molecule has 0 radical (unpaired) electrons. The number of para-hydroxylation sites is 1. The molecular weight excluding hydrogens is 388 g/mol. The van der Waals surface area contributed by atoms with Gasteiger partial charge in [-0.1, -0.05) is 42.5 Å². The number of rotatable bonds is 4. The van der Waals surface area contributed by atoms with Crippen LogP contribution in [0.25, 0.3) is 11.1 Å². The molecule has 2 bridgehead atoms. The summed E-state index contributed by atoms with van der Waals surface area (Å²) in [4.78, 5) is 28.0. The molecule has 3 heterocycles. The maximum atomic E-state index is 13.3. The van der Waals surface area contributed by atoms with Crippen LogP contribution in [0.15, 0.2) is 71.5 Å². The number of aryl methyl sites for hydroxylation is 1. The Bertz CT molecular complexity index is 1170. The lowest BCUT2D eigenvalue weighted by molar-refractivity contribution is -0.136. The molecule has 2 atom stereocenters. The van der Waals surface area contributed by atoms with Crippen molar-refractivity contribution in [1.29, 1.82) is 0 Å². The maximum absolute atomic E-state index is 13.3. The molecule has 0 aliphatic carbocycles. The Kier molecular flexibility index (Phi) is 5.10. The molecule has 31 heavy (non-hydrogen) atoms. The largest absolute Gasteiger partial charge is 0.484 e. The number of carbonyl (C=O) groups excluding carboxylic acids is 1. The fraction of sp³-hybridized carbons (Fsp3) is 0.308. The first-order chi connectivity index (χ1) is 15.1. The van der Waals surface area contributed by atoms with E-state index in [1.165, 1.54) is 0 Å². The summed E-state index contributed by atoms with van der Waals surface area (Å²) in [7, 11) is 0. The number of carbonyl (C=O) groups is 1. The summed E-state index contributed by atoms with van der Waals surface area (Å²) in [6, 6.07) is 21.5. The molecule has 1 amide bonds. The lowest BCUT2D eigenvalue weighted by Crippen LogP contribution is -2.50. The second-order valence-corrected chi connectivity index (χ2v) is 8.60. The number of likely N-dealkylation sites (tertiary alicyclic amines) is 1. The van der Waals surface area contributed by atoms with Crippen molar-refractivity contribution in [2.24, 2.45) is 5.92 Å². The molecule has 5 heteroatoms. The Morgan fingerprint density at radius 3 is 2.52 bits per heavy atom. The molecule has 0 spiro atoms. The van der Waals surface area contributed by atoms with Crippen molar-refractivity contribution in [3.8, 4) is 16.9 Å². The number of hydrogen-bond acceptors (Lipinski definition) is 3. The minimum absolute atomic E-state index is 0.00544. The van der Waals surface area contributed by atoms with Crippen LogP contribution < -0.4 is 10.3 Å². The van der Waals surface area contributed by atoms with Gasteiger partial charge in [0.15, 0.2) is 6.61 Å². The normalized spacial score (nSPS) is 19.6. The van der Waals surface area contributed by atoms with Crippen molar-refractivity contribution in [2.45, 2.75) is 25.8 Å². The van der Waals surface area contributed by atoms with Gasteiger partial charge in [0.05, 0.1) is 0 Å². The van der Waals surface area contributed by atoms with Gasteiger partial charge < -0.3 is 14.2 Å². The fourth-order valence-corrected chi connectivity index (χ4v) is 4.98. The average Bonchev–Trinajstić information content (AvgIpc) is 2.79. The quantitative estimate of drug-likeness (QED) is 0.652. The summed E-state index contributed by atoms with van der Waals surface area (Å²) in [5, 5.41) is 0. The zero-order valence-electron chi connectivity index (χ0n) is 17.7. The molecule has 5 rings (SSSR count). The third kappa shape index (κ3) is 3.76. The zero-order chi connectivity index (χ0) is 21.4. The lowest BCUT2D eigenvalue weighted by Gasteiger charge is -2.42. The van der Waals surface area contributed by atoms with Crippen LogP contribution in [0.4, 0.5) is 0 Å². The van der Waals surface area contributed by atoms with Gasteiger partial charge in [-0.2, -0.15) is 0 Å². The van der Waals surface area contributed by atoms with E-state index in [9.17, 15) is 9.59 Å². The van der Waals surface area contributed by atoms with Crippen molar-refractivity contribution >= 4 is 5.91 Å². The number of aromatic nitrogens is 1. The number of pyridine rings is 1. The van der Waals surface area contributed by atoms with Crippen LogP contribution in [-0.4, -0.2) is 35.1 Å². The Morgan fingerprint density at radius 2 is 1.71 bits per heavy atom. The molecule has 158 valence electrons. The van der Waals surface area contributed by atoms with E-state index in [1.54, 1.807) is 0 Å². The summed E-state index contributed by atoms with van der Waals surface area (Å²) in [6.07, 6.45) is 1.02. The summed E-state index contributed by atoms with van der Waals surface area (Å²) in [5.41, 5.74) is 3.97. The molecule has 2 aliphatic heterocycles. The summed E-state index contributed by atoms with van der Waals surface area (Å²) in [5.74, 6) is 1.18. The standard InChI is InChI=1S/C26H26N2O3/c1-18-7-5-6-10-22(18)23-11-12-24-20-13-19(15-28(24)26(23)30)14-27(16-20)25(29)17-31-21-8-3-2-4-9-21/h2-12,19-20H,13-17H2,1H3. The van der Waals surface area contributed by atoms with E-state index in [4.69, 9.17) is 4.74 Å². The number of ether oxygens (including phenoxy) is 1. The van der Waals surface area contributed by atoms with E-state index >= 15 is 0 Å². The van der Waals surface area contributed by atoms with Crippen molar-refractivity contribution in [1.82, 2.24) is 9.47 Å². The highest BCUT2D eigenvalue weighted by Crippen LogP contribution is 2.36. The summed E-state index contributed by atoms with van der Waals surface area (Å²) in [6.45, 7) is 4.05. The minimum Gasteiger partial charge on any atom is -0.484 e. The Morgan fingerprint density at radius 1 is 0.935 bits per heavy atom. The molecule has 0 saturated carbocycles. The SMILES string of the molecule is Cc1ccccc1-c1ccc2n(c1=O)CC1CC2CN(C(=O)COc2ccccc2)C1. The van der Waals surface area contributed by atoms with Crippen molar-refractivity contribution < 1.29 is 9.53 Å². The third-order valence-corrected chi connectivity index (χ3v) is 6.50. The van der Waals surface area contributed by atoms with Gasteiger partial charge in [0.25, 0.3) is 11.5 Å². The number of amides is 1. The van der Waals surface area contributed by atoms with Crippen molar-refractivity contribution in [3.05, 3.63) is 88.3 Å². The highest BCUT2D eigenvalue weighted by atomic mass is 16.5. The van der Waals surface area contributed by atoms with Crippen LogP contribution in [0.2, 0.25) is 0 Å². The number of fused-ring (bicyclic) bond motifs is 4. The van der Waals surface area contributed by atoms with Gasteiger partial charge in [0.2, 0.25) is 0 Å². The van der Waals surface area contributed by atoms with Crippen LogP contribution >= 0.6 is 0 Å². The van der Waals surface area contributed by atoms with E-state index in [1.807, 2.05) is 77.1 Å². The van der Waals surface area contributed by atoms with E-state index < -0.39 is 0 Å². The van der Waals surface area contributed by atoms with Crippen LogP contribution in [0.3, 0.4) is 0 Å².